The van der Waals surface area contributed by atoms with Crippen molar-refractivity contribution in [2.24, 2.45) is 0 Å². The lowest BCUT2D eigenvalue weighted by molar-refractivity contribution is -0.137. The van der Waals surface area contributed by atoms with Gasteiger partial charge in [-0.05, 0) is 56.1 Å². The van der Waals surface area contributed by atoms with Gasteiger partial charge < -0.3 is 4.57 Å². The first-order valence-electron chi connectivity index (χ1n) is 10.8. The number of likely N-dealkylation sites (tertiary alicyclic amines) is 1. The Bertz CT molecular complexity index is 995. The second-order valence-corrected chi connectivity index (χ2v) is 8.13. The van der Waals surface area contributed by atoms with Crippen molar-refractivity contribution in [3.63, 3.8) is 0 Å². The molecule has 1 fully saturated rings. The molecule has 7 heteroatoms. The molecule has 0 bridgehead atoms. The lowest BCUT2D eigenvalue weighted by atomic mass is 9.94. The van der Waals surface area contributed by atoms with Gasteiger partial charge in [0.25, 0.3) is 0 Å². The zero-order valence-corrected chi connectivity index (χ0v) is 17.6. The first kappa shape index (κ1) is 21.6. The number of pyridine rings is 1. The van der Waals surface area contributed by atoms with E-state index < -0.39 is 11.7 Å². The third-order valence-corrected chi connectivity index (χ3v) is 5.93. The van der Waals surface area contributed by atoms with Crippen LogP contribution >= 0.6 is 0 Å². The van der Waals surface area contributed by atoms with Crippen LogP contribution < -0.4 is 0 Å². The standard InChI is InChI=1S/C24H27F3N4/c1-2-31-14-12-28-23(31)17-30-13-4-5-19(16-30)22-7-3-6-21(29-22)15-18-8-10-20(11-9-18)24(25,26)27/h3,6-12,14,19H,2,4-5,13,15-17H2,1H3/t19-/m1/s1. The Hall–Kier alpha value is -2.67. The van der Waals surface area contributed by atoms with Gasteiger partial charge in [0.2, 0.25) is 0 Å². The second kappa shape index (κ2) is 9.22. The SMILES string of the molecule is CCn1ccnc1CN1CCC[C@@H](c2cccc(Cc3ccc(C(F)(F)F)cc3)n2)C1. The summed E-state index contributed by atoms with van der Waals surface area (Å²) in [6, 6.07) is 11.4. The summed E-state index contributed by atoms with van der Waals surface area (Å²) in [5, 5.41) is 0. The molecule has 0 saturated carbocycles. The van der Waals surface area contributed by atoms with Gasteiger partial charge in [0.15, 0.2) is 0 Å². The van der Waals surface area contributed by atoms with Gasteiger partial charge in [0, 0.05) is 49.2 Å². The normalized spacial score (nSPS) is 17.7. The van der Waals surface area contributed by atoms with Crippen molar-refractivity contribution in [1.29, 1.82) is 0 Å². The lowest BCUT2D eigenvalue weighted by Crippen LogP contribution is -2.35. The number of imidazole rings is 1. The number of hydrogen-bond donors (Lipinski definition) is 0. The van der Waals surface area contributed by atoms with E-state index in [1.54, 1.807) is 0 Å². The fraction of sp³-hybridized carbons (Fsp3) is 0.417. The van der Waals surface area contributed by atoms with Gasteiger partial charge in [0.1, 0.15) is 5.82 Å². The van der Waals surface area contributed by atoms with Crippen molar-refractivity contribution < 1.29 is 13.2 Å². The highest BCUT2D eigenvalue weighted by molar-refractivity contribution is 5.28. The van der Waals surface area contributed by atoms with Gasteiger partial charge in [-0.1, -0.05) is 18.2 Å². The average molecular weight is 429 g/mol. The van der Waals surface area contributed by atoms with Crippen molar-refractivity contribution in [2.45, 2.75) is 51.4 Å². The number of hydrogen-bond acceptors (Lipinski definition) is 3. The first-order valence-corrected chi connectivity index (χ1v) is 10.8. The van der Waals surface area contributed by atoms with E-state index >= 15 is 0 Å². The molecule has 4 rings (SSSR count). The molecule has 1 atom stereocenters. The van der Waals surface area contributed by atoms with Crippen LogP contribution in [0, 0.1) is 0 Å². The number of benzene rings is 1. The maximum absolute atomic E-state index is 12.8. The number of nitrogens with zero attached hydrogens (tertiary/aromatic N) is 4. The quantitative estimate of drug-likeness (QED) is 0.535. The smallest absolute Gasteiger partial charge is 0.334 e. The monoisotopic (exact) mass is 428 g/mol. The summed E-state index contributed by atoms with van der Waals surface area (Å²) in [6.45, 7) is 5.87. The van der Waals surface area contributed by atoms with Crippen molar-refractivity contribution in [3.05, 3.63) is 83.2 Å². The molecular weight excluding hydrogens is 401 g/mol. The van der Waals surface area contributed by atoms with Gasteiger partial charge in [-0.25, -0.2) is 4.98 Å². The molecule has 1 saturated heterocycles. The van der Waals surface area contributed by atoms with Crippen LogP contribution in [0.2, 0.25) is 0 Å². The molecule has 2 aromatic heterocycles. The minimum atomic E-state index is -4.31. The summed E-state index contributed by atoms with van der Waals surface area (Å²) >= 11 is 0. The second-order valence-electron chi connectivity index (χ2n) is 8.13. The number of aryl methyl sites for hydroxylation is 1. The van der Waals surface area contributed by atoms with E-state index in [1.165, 1.54) is 12.1 Å². The molecule has 0 radical (unpaired) electrons. The van der Waals surface area contributed by atoms with Crippen molar-refractivity contribution in [3.8, 4) is 0 Å². The zero-order valence-electron chi connectivity index (χ0n) is 17.6. The van der Waals surface area contributed by atoms with Crippen LogP contribution in [0.3, 0.4) is 0 Å². The predicted octanol–water partition coefficient (Wildman–Crippen LogP) is 5.29. The third kappa shape index (κ3) is 5.34. The van der Waals surface area contributed by atoms with Crippen LogP contribution in [0.25, 0.3) is 0 Å². The summed E-state index contributed by atoms with van der Waals surface area (Å²) in [7, 11) is 0. The molecule has 0 amide bonds. The van der Waals surface area contributed by atoms with Gasteiger partial charge in [-0.15, -0.1) is 0 Å². The number of halogens is 3. The van der Waals surface area contributed by atoms with E-state index in [1.807, 2.05) is 24.5 Å². The highest BCUT2D eigenvalue weighted by Gasteiger charge is 2.30. The highest BCUT2D eigenvalue weighted by Crippen LogP contribution is 2.30. The molecule has 1 aliphatic heterocycles. The summed E-state index contributed by atoms with van der Waals surface area (Å²) < 4.78 is 40.5. The molecule has 0 spiro atoms. The number of piperidine rings is 1. The van der Waals surface area contributed by atoms with E-state index in [2.05, 4.69) is 27.4 Å². The minimum Gasteiger partial charge on any atom is -0.334 e. The van der Waals surface area contributed by atoms with Gasteiger partial charge in [0.05, 0.1) is 12.1 Å². The minimum absolute atomic E-state index is 0.353. The van der Waals surface area contributed by atoms with E-state index in [4.69, 9.17) is 4.98 Å². The summed E-state index contributed by atoms with van der Waals surface area (Å²) in [4.78, 5) is 11.8. The number of aromatic nitrogens is 3. The maximum atomic E-state index is 12.8. The predicted molar refractivity (Wildman–Crippen MR) is 114 cm³/mol. The Kier molecular flexibility index (Phi) is 6.41. The molecule has 1 aliphatic rings. The Balaban J connectivity index is 1.42. The van der Waals surface area contributed by atoms with E-state index in [9.17, 15) is 13.2 Å². The van der Waals surface area contributed by atoms with Crippen molar-refractivity contribution in [2.75, 3.05) is 13.1 Å². The fourth-order valence-electron chi connectivity index (χ4n) is 4.26. The van der Waals surface area contributed by atoms with Crippen LogP contribution in [-0.2, 0) is 25.7 Å². The lowest BCUT2D eigenvalue weighted by Gasteiger charge is -2.32. The van der Waals surface area contributed by atoms with E-state index in [0.29, 0.717) is 12.3 Å². The molecule has 1 aromatic carbocycles. The van der Waals surface area contributed by atoms with E-state index in [0.717, 1.165) is 73.9 Å². The number of alkyl halides is 3. The maximum Gasteiger partial charge on any atom is 0.416 e. The molecule has 3 heterocycles. The van der Waals surface area contributed by atoms with Crippen LogP contribution in [0.5, 0.6) is 0 Å². The summed E-state index contributed by atoms with van der Waals surface area (Å²) in [5.41, 5.74) is 2.15. The van der Waals surface area contributed by atoms with Crippen LogP contribution in [0.4, 0.5) is 13.2 Å². The zero-order chi connectivity index (χ0) is 21.8. The molecule has 164 valence electrons. The summed E-state index contributed by atoms with van der Waals surface area (Å²) in [5.74, 6) is 1.44. The van der Waals surface area contributed by atoms with Crippen molar-refractivity contribution >= 4 is 0 Å². The first-order chi connectivity index (χ1) is 14.9. The molecule has 0 N–H and O–H groups in total. The molecule has 0 aliphatic carbocycles. The third-order valence-electron chi connectivity index (χ3n) is 5.93. The van der Waals surface area contributed by atoms with Gasteiger partial charge >= 0.3 is 6.18 Å². The van der Waals surface area contributed by atoms with Crippen molar-refractivity contribution in [1.82, 2.24) is 19.4 Å². The van der Waals surface area contributed by atoms with Crippen LogP contribution in [-0.4, -0.2) is 32.5 Å². The van der Waals surface area contributed by atoms with E-state index in [-0.39, 0.29) is 0 Å². The average Bonchev–Trinajstić information content (AvgIpc) is 3.21. The molecule has 4 nitrogen and oxygen atoms in total. The molecule has 3 aromatic rings. The van der Waals surface area contributed by atoms with Gasteiger partial charge in [-0.3, -0.25) is 9.88 Å². The Morgan fingerprint density at radius 3 is 2.65 bits per heavy atom. The largest absolute Gasteiger partial charge is 0.416 e. The van der Waals surface area contributed by atoms with Crippen LogP contribution in [0.15, 0.2) is 54.9 Å². The highest BCUT2D eigenvalue weighted by atomic mass is 19.4. The summed E-state index contributed by atoms with van der Waals surface area (Å²) in [6.07, 6.45) is 2.29. The Morgan fingerprint density at radius 1 is 1.10 bits per heavy atom. The Labute approximate surface area is 180 Å². The number of rotatable bonds is 6. The van der Waals surface area contributed by atoms with Crippen LogP contribution in [0.1, 0.15) is 54.0 Å². The fourth-order valence-corrected chi connectivity index (χ4v) is 4.26. The molecule has 31 heavy (non-hydrogen) atoms. The Morgan fingerprint density at radius 2 is 1.90 bits per heavy atom. The van der Waals surface area contributed by atoms with Gasteiger partial charge in [-0.2, -0.15) is 13.2 Å². The molecule has 0 unspecified atom stereocenters. The molecular formula is C24H27F3N4. The topological polar surface area (TPSA) is 34.0 Å².